The largest absolute Gasteiger partial charge is 0.465 e. The van der Waals surface area contributed by atoms with Crippen LogP contribution in [0.4, 0.5) is 4.39 Å². The molecule has 0 aliphatic carbocycles. The van der Waals surface area contributed by atoms with Crippen molar-refractivity contribution in [2.24, 2.45) is 0 Å². The van der Waals surface area contributed by atoms with Crippen LogP contribution in [-0.2, 0) is 21.4 Å². The highest BCUT2D eigenvalue weighted by Gasteiger charge is 2.44. The first-order chi connectivity index (χ1) is 15.0. The first-order valence-corrected chi connectivity index (χ1v) is 11.1. The minimum absolute atomic E-state index is 0.154. The fourth-order valence-corrected chi connectivity index (χ4v) is 4.55. The Labute approximate surface area is 186 Å². The molecule has 0 saturated carbocycles. The molecule has 0 unspecified atom stereocenters. The van der Waals surface area contributed by atoms with E-state index in [4.69, 9.17) is 20.9 Å². The minimum Gasteiger partial charge on any atom is -0.465 e. The average molecular weight is 445 g/mol. The van der Waals surface area contributed by atoms with Gasteiger partial charge in [0.1, 0.15) is 5.82 Å². The van der Waals surface area contributed by atoms with Gasteiger partial charge in [-0.05, 0) is 82.1 Å². The normalized spacial score (nSPS) is 16.5. The van der Waals surface area contributed by atoms with Crippen molar-refractivity contribution in [3.63, 3.8) is 0 Å². The number of nitrogens with zero attached hydrogens (tertiary/aromatic N) is 2. The van der Waals surface area contributed by atoms with E-state index in [1.54, 1.807) is 6.07 Å². The second kappa shape index (κ2) is 9.37. The number of carbonyl (C=O) groups excluding carboxylic acids is 1. The molecule has 5 nitrogen and oxygen atoms in total. The van der Waals surface area contributed by atoms with E-state index in [2.05, 4.69) is 10.1 Å². The van der Waals surface area contributed by atoms with E-state index < -0.39 is 5.41 Å². The lowest BCUT2D eigenvalue weighted by molar-refractivity contribution is -0.152. The molecule has 2 aromatic carbocycles. The number of benzene rings is 2. The van der Waals surface area contributed by atoms with Gasteiger partial charge in [-0.3, -0.25) is 4.79 Å². The molecule has 4 rings (SSSR count). The number of likely N-dealkylation sites (tertiary alicyclic amines) is 1. The van der Waals surface area contributed by atoms with Gasteiger partial charge in [0.15, 0.2) is 5.58 Å². The lowest BCUT2D eigenvalue weighted by atomic mass is 9.72. The summed E-state index contributed by atoms with van der Waals surface area (Å²) in [5.41, 5.74) is 1.68. The SMILES string of the molecule is CCOC(=O)C1(c2ccc(Cl)cc2)CCN(CCCc2noc3cc(F)ccc23)CC1. The van der Waals surface area contributed by atoms with Crippen LogP contribution in [0.1, 0.15) is 37.4 Å². The van der Waals surface area contributed by atoms with Gasteiger partial charge in [0.2, 0.25) is 0 Å². The number of piperidine rings is 1. The highest BCUT2D eigenvalue weighted by molar-refractivity contribution is 6.30. The molecule has 2 heterocycles. The molecule has 0 bridgehead atoms. The summed E-state index contributed by atoms with van der Waals surface area (Å²) in [6.45, 7) is 4.73. The monoisotopic (exact) mass is 444 g/mol. The molecule has 0 spiro atoms. The molecule has 31 heavy (non-hydrogen) atoms. The minimum atomic E-state index is -0.622. The third-order valence-corrected chi connectivity index (χ3v) is 6.42. The van der Waals surface area contributed by atoms with Gasteiger partial charge in [-0.15, -0.1) is 0 Å². The smallest absolute Gasteiger partial charge is 0.316 e. The maximum atomic E-state index is 13.3. The molecule has 1 aliphatic rings. The van der Waals surface area contributed by atoms with Crippen LogP contribution in [0.25, 0.3) is 11.0 Å². The van der Waals surface area contributed by atoms with Gasteiger partial charge in [-0.1, -0.05) is 28.9 Å². The number of ether oxygens (including phenoxy) is 1. The average Bonchev–Trinajstić information content (AvgIpc) is 3.17. The predicted molar refractivity (Wildman–Crippen MR) is 118 cm³/mol. The fourth-order valence-electron chi connectivity index (χ4n) is 4.42. The number of carbonyl (C=O) groups is 1. The Morgan fingerprint density at radius 2 is 1.97 bits per heavy atom. The standard InChI is InChI=1S/C24H26ClFN2O3/c1-2-30-23(29)24(17-5-7-18(25)8-6-17)11-14-28(15-12-24)13-3-4-21-20-10-9-19(26)16-22(20)31-27-21/h5-10,16H,2-4,11-15H2,1H3. The molecular formula is C24H26ClFN2O3. The van der Waals surface area contributed by atoms with Crippen molar-refractivity contribution >= 4 is 28.5 Å². The molecule has 0 amide bonds. The number of hydrogen-bond donors (Lipinski definition) is 0. The van der Waals surface area contributed by atoms with Crippen LogP contribution in [0.3, 0.4) is 0 Å². The molecule has 7 heteroatoms. The summed E-state index contributed by atoms with van der Waals surface area (Å²) in [6.07, 6.45) is 3.08. The first-order valence-electron chi connectivity index (χ1n) is 10.7. The van der Waals surface area contributed by atoms with Crippen LogP contribution < -0.4 is 0 Å². The second-order valence-electron chi connectivity index (χ2n) is 8.02. The van der Waals surface area contributed by atoms with Crippen molar-refractivity contribution in [2.45, 2.75) is 38.0 Å². The van der Waals surface area contributed by atoms with Gasteiger partial charge in [-0.2, -0.15) is 0 Å². The molecule has 1 aliphatic heterocycles. The highest BCUT2D eigenvalue weighted by Crippen LogP contribution is 2.37. The Morgan fingerprint density at radius 3 is 2.68 bits per heavy atom. The molecule has 3 aromatic rings. The van der Waals surface area contributed by atoms with Crippen LogP contribution in [0.2, 0.25) is 5.02 Å². The second-order valence-corrected chi connectivity index (χ2v) is 8.46. The van der Waals surface area contributed by atoms with E-state index in [9.17, 15) is 9.18 Å². The van der Waals surface area contributed by atoms with Gasteiger partial charge in [0.25, 0.3) is 0 Å². The molecule has 0 atom stereocenters. The van der Waals surface area contributed by atoms with Gasteiger partial charge >= 0.3 is 5.97 Å². The Morgan fingerprint density at radius 1 is 1.23 bits per heavy atom. The molecule has 0 radical (unpaired) electrons. The number of esters is 1. The van der Waals surface area contributed by atoms with Crippen molar-refractivity contribution in [2.75, 3.05) is 26.2 Å². The summed E-state index contributed by atoms with van der Waals surface area (Å²) < 4.78 is 24.0. The van der Waals surface area contributed by atoms with Crippen LogP contribution in [0.5, 0.6) is 0 Å². The molecular weight excluding hydrogens is 419 g/mol. The quantitative estimate of drug-likeness (QED) is 0.472. The lowest BCUT2D eigenvalue weighted by Gasteiger charge is -2.40. The molecule has 164 valence electrons. The van der Waals surface area contributed by atoms with Gasteiger partial charge in [-0.25, -0.2) is 4.39 Å². The third-order valence-electron chi connectivity index (χ3n) is 6.17. The number of aryl methyl sites for hydroxylation is 1. The Hall–Kier alpha value is -2.44. The lowest BCUT2D eigenvalue weighted by Crippen LogP contribution is -2.48. The van der Waals surface area contributed by atoms with Crippen molar-refractivity contribution < 1.29 is 18.4 Å². The number of rotatable bonds is 7. The van der Waals surface area contributed by atoms with E-state index >= 15 is 0 Å². The van der Waals surface area contributed by atoms with Crippen LogP contribution in [0, 0.1) is 5.82 Å². The van der Waals surface area contributed by atoms with Gasteiger partial charge in [0, 0.05) is 16.5 Å². The first kappa shape index (κ1) is 21.8. The predicted octanol–water partition coefficient (Wildman–Crippen LogP) is 5.15. The summed E-state index contributed by atoms with van der Waals surface area (Å²) in [7, 11) is 0. The van der Waals surface area contributed by atoms with E-state index in [1.807, 2.05) is 31.2 Å². The summed E-state index contributed by atoms with van der Waals surface area (Å²) >= 11 is 6.05. The van der Waals surface area contributed by atoms with E-state index in [0.717, 1.165) is 49.1 Å². The Bertz CT molecular complexity index is 1040. The number of aromatic nitrogens is 1. The topological polar surface area (TPSA) is 55.6 Å². The zero-order valence-electron chi connectivity index (χ0n) is 17.6. The summed E-state index contributed by atoms with van der Waals surface area (Å²) in [4.78, 5) is 15.3. The molecule has 0 N–H and O–H groups in total. The number of fused-ring (bicyclic) bond motifs is 1. The molecule has 1 aromatic heterocycles. The van der Waals surface area contributed by atoms with Crippen molar-refractivity contribution in [1.82, 2.24) is 10.1 Å². The fraction of sp³-hybridized carbons (Fsp3) is 0.417. The van der Waals surface area contributed by atoms with Crippen LogP contribution in [0.15, 0.2) is 47.0 Å². The van der Waals surface area contributed by atoms with Gasteiger partial charge in [0.05, 0.1) is 17.7 Å². The maximum absolute atomic E-state index is 13.3. The zero-order valence-corrected chi connectivity index (χ0v) is 18.3. The van der Waals surface area contributed by atoms with Crippen LogP contribution in [-0.4, -0.2) is 42.3 Å². The van der Waals surface area contributed by atoms with E-state index in [0.29, 0.717) is 30.1 Å². The zero-order chi connectivity index (χ0) is 21.8. The van der Waals surface area contributed by atoms with Crippen molar-refractivity contribution in [3.05, 3.63) is 64.6 Å². The number of hydrogen-bond acceptors (Lipinski definition) is 5. The molecule has 1 saturated heterocycles. The molecule has 1 fully saturated rings. The summed E-state index contributed by atoms with van der Waals surface area (Å²) in [5.74, 6) is -0.479. The van der Waals surface area contributed by atoms with Crippen molar-refractivity contribution in [1.29, 1.82) is 0 Å². The third kappa shape index (κ3) is 4.60. The van der Waals surface area contributed by atoms with Crippen LogP contribution >= 0.6 is 11.6 Å². The Balaban J connectivity index is 1.37. The summed E-state index contributed by atoms with van der Waals surface area (Å²) in [5, 5.41) is 5.62. The van der Waals surface area contributed by atoms with E-state index in [-0.39, 0.29) is 11.8 Å². The maximum Gasteiger partial charge on any atom is 0.316 e. The Kier molecular flexibility index (Phi) is 6.58. The number of halogens is 2. The highest BCUT2D eigenvalue weighted by atomic mass is 35.5. The summed E-state index contributed by atoms with van der Waals surface area (Å²) in [6, 6.07) is 12.1. The van der Waals surface area contributed by atoms with Gasteiger partial charge < -0.3 is 14.2 Å². The van der Waals surface area contributed by atoms with Crippen molar-refractivity contribution in [3.8, 4) is 0 Å². The van der Waals surface area contributed by atoms with E-state index in [1.165, 1.54) is 12.1 Å².